The van der Waals surface area contributed by atoms with Crippen molar-refractivity contribution >= 4 is 5.91 Å². The molecule has 2 rings (SSSR count). The number of nitrogens with two attached hydrogens (primary N) is 1. The second kappa shape index (κ2) is 4.52. The Hall–Kier alpha value is -0.570. The van der Waals surface area contributed by atoms with E-state index in [0.29, 0.717) is 18.4 Å². The Morgan fingerprint density at radius 2 is 2.13 bits per heavy atom. The summed E-state index contributed by atoms with van der Waals surface area (Å²) in [6.45, 7) is 2.23. The number of hydrogen-bond donors (Lipinski definition) is 2. The third-order valence-corrected chi connectivity index (χ3v) is 3.90. The standard InChI is InChI=1S/C12H22N2O/c1-8-5-10(6-8)14-12(15)7-9-3-2-4-11(9)13/h8-11H,2-7,13H2,1H3,(H,14,15)/t8?,9-,10?,11+/m0/s1. The van der Waals surface area contributed by atoms with E-state index in [1.165, 1.54) is 6.42 Å². The summed E-state index contributed by atoms with van der Waals surface area (Å²) in [7, 11) is 0. The molecule has 86 valence electrons. The van der Waals surface area contributed by atoms with E-state index in [4.69, 9.17) is 5.73 Å². The molecule has 2 atom stereocenters. The van der Waals surface area contributed by atoms with E-state index in [9.17, 15) is 4.79 Å². The quantitative estimate of drug-likeness (QED) is 0.740. The predicted molar refractivity (Wildman–Crippen MR) is 60.3 cm³/mol. The molecule has 0 aromatic carbocycles. The number of carbonyl (C=O) groups is 1. The summed E-state index contributed by atoms with van der Waals surface area (Å²) in [6.07, 6.45) is 6.38. The van der Waals surface area contributed by atoms with Crippen molar-refractivity contribution in [2.45, 2.75) is 57.5 Å². The zero-order chi connectivity index (χ0) is 10.8. The molecule has 0 heterocycles. The molecule has 1 amide bonds. The average Bonchev–Trinajstić information content (AvgIpc) is 2.49. The lowest BCUT2D eigenvalue weighted by molar-refractivity contribution is -0.123. The van der Waals surface area contributed by atoms with E-state index in [1.807, 2.05) is 0 Å². The normalized spacial score (nSPS) is 39.9. The van der Waals surface area contributed by atoms with Gasteiger partial charge in [0.25, 0.3) is 0 Å². The van der Waals surface area contributed by atoms with Crippen LogP contribution in [0.1, 0.15) is 45.4 Å². The lowest BCUT2D eigenvalue weighted by Gasteiger charge is -2.33. The SMILES string of the molecule is CC1CC(NC(=O)C[C@@H]2CCC[C@H]2N)C1. The molecule has 3 nitrogen and oxygen atoms in total. The van der Waals surface area contributed by atoms with Crippen LogP contribution in [0.2, 0.25) is 0 Å². The molecule has 0 saturated heterocycles. The molecule has 0 unspecified atom stereocenters. The van der Waals surface area contributed by atoms with Gasteiger partial charge in [-0.3, -0.25) is 4.79 Å². The third-order valence-electron chi connectivity index (χ3n) is 3.90. The fourth-order valence-electron chi connectivity index (χ4n) is 2.86. The molecule has 0 bridgehead atoms. The summed E-state index contributed by atoms with van der Waals surface area (Å²) in [5, 5.41) is 3.10. The van der Waals surface area contributed by atoms with E-state index in [0.717, 1.165) is 31.6 Å². The van der Waals surface area contributed by atoms with Crippen LogP contribution >= 0.6 is 0 Å². The van der Waals surface area contributed by atoms with Gasteiger partial charge >= 0.3 is 0 Å². The monoisotopic (exact) mass is 210 g/mol. The van der Waals surface area contributed by atoms with Crippen LogP contribution in [0.15, 0.2) is 0 Å². The lowest BCUT2D eigenvalue weighted by atomic mass is 9.82. The first-order valence-corrected chi connectivity index (χ1v) is 6.20. The molecule has 0 aromatic rings. The van der Waals surface area contributed by atoms with Crippen LogP contribution in [0, 0.1) is 11.8 Å². The van der Waals surface area contributed by atoms with Crippen molar-refractivity contribution in [1.82, 2.24) is 5.32 Å². The molecule has 0 aliphatic heterocycles. The van der Waals surface area contributed by atoms with Crippen molar-refractivity contribution in [3.8, 4) is 0 Å². The highest BCUT2D eigenvalue weighted by molar-refractivity contribution is 5.76. The molecule has 2 fully saturated rings. The zero-order valence-corrected chi connectivity index (χ0v) is 9.54. The topological polar surface area (TPSA) is 55.1 Å². The zero-order valence-electron chi connectivity index (χ0n) is 9.54. The van der Waals surface area contributed by atoms with Crippen LogP contribution in [0.4, 0.5) is 0 Å². The predicted octanol–water partition coefficient (Wildman–Crippen LogP) is 1.42. The van der Waals surface area contributed by atoms with Crippen LogP contribution in [-0.4, -0.2) is 18.0 Å². The fourth-order valence-corrected chi connectivity index (χ4v) is 2.86. The van der Waals surface area contributed by atoms with Crippen molar-refractivity contribution in [3.63, 3.8) is 0 Å². The van der Waals surface area contributed by atoms with Gasteiger partial charge in [0.1, 0.15) is 0 Å². The van der Waals surface area contributed by atoms with Crippen LogP contribution in [-0.2, 0) is 4.79 Å². The van der Waals surface area contributed by atoms with Crippen LogP contribution < -0.4 is 11.1 Å². The van der Waals surface area contributed by atoms with Crippen LogP contribution in [0.3, 0.4) is 0 Å². The minimum Gasteiger partial charge on any atom is -0.353 e. The summed E-state index contributed by atoms with van der Waals surface area (Å²) in [6, 6.07) is 0.709. The Balaban J connectivity index is 1.68. The van der Waals surface area contributed by atoms with Gasteiger partial charge in [0.05, 0.1) is 0 Å². The highest BCUT2D eigenvalue weighted by Crippen LogP contribution is 2.29. The van der Waals surface area contributed by atoms with Crippen LogP contribution in [0.25, 0.3) is 0 Å². The molecule has 3 heteroatoms. The fraction of sp³-hybridized carbons (Fsp3) is 0.917. The van der Waals surface area contributed by atoms with E-state index in [1.54, 1.807) is 0 Å². The Morgan fingerprint density at radius 1 is 1.40 bits per heavy atom. The van der Waals surface area contributed by atoms with Gasteiger partial charge in [0, 0.05) is 18.5 Å². The van der Waals surface area contributed by atoms with E-state index in [2.05, 4.69) is 12.2 Å². The Kier molecular flexibility index (Phi) is 3.29. The summed E-state index contributed by atoms with van der Waals surface area (Å²) in [4.78, 5) is 11.7. The highest BCUT2D eigenvalue weighted by atomic mass is 16.1. The van der Waals surface area contributed by atoms with E-state index in [-0.39, 0.29) is 11.9 Å². The van der Waals surface area contributed by atoms with Gasteiger partial charge in [-0.15, -0.1) is 0 Å². The molecule has 15 heavy (non-hydrogen) atoms. The van der Waals surface area contributed by atoms with Gasteiger partial charge in [-0.25, -0.2) is 0 Å². The first-order chi connectivity index (χ1) is 7.15. The molecular formula is C12H22N2O. The smallest absolute Gasteiger partial charge is 0.220 e. The molecule has 0 radical (unpaired) electrons. The van der Waals surface area contributed by atoms with Crippen molar-refractivity contribution in [1.29, 1.82) is 0 Å². The molecular weight excluding hydrogens is 188 g/mol. The largest absolute Gasteiger partial charge is 0.353 e. The summed E-state index contributed by atoms with van der Waals surface area (Å²) in [5.74, 6) is 1.45. The van der Waals surface area contributed by atoms with Gasteiger partial charge in [0.15, 0.2) is 0 Å². The molecule has 0 aromatic heterocycles. The lowest BCUT2D eigenvalue weighted by Crippen LogP contribution is -2.44. The summed E-state index contributed by atoms with van der Waals surface area (Å²) in [5.41, 5.74) is 5.95. The van der Waals surface area contributed by atoms with Gasteiger partial charge < -0.3 is 11.1 Å². The number of amides is 1. The first-order valence-electron chi connectivity index (χ1n) is 6.20. The van der Waals surface area contributed by atoms with Crippen molar-refractivity contribution in [2.24, 2.45) is 17.6 Å². The molecule has 0 spiro atoms. The Morgan fingerprint density at radius 3 is 2.67 bits per heavy atom. The van der Waals surface area contributed by atoms with Gasteiger partial charge in [-0.1, -0.05) is 13.3 Å². The second-order valence-corrected chi connectivity index (χ2v) is 5.40. The third kappa shape index (κ3) is 2.71. The number of carbonyl (C=O) groups excluding carboxylic acids is 1. The van der Waals surface area contributed by atoms with E-state index >= 15 is 0 Å². The minimum atomic E-state index is 0.217. The van der Waals surface area contributed by atoms with Crippen molar-refractivity contribution in [2.75, 3.05) is 0 Å². The maximum absolute atomic E-state index is 11.7. The number of hydrogen-bond acceptors (Lipinski definition) is 2. The van der Waals surface area contributed by atoms with Crippen molar-refractivity contribution < 1.29 is 4.79 Å². The van der Waals surface area contributed by atoms with Gasteiger partial charge in [0.2, 0.25) is 5.91 Å². The first kappa shape index (κ1) is 10.9. The maximum Gasteiger partial charge on any atom is 0.220 e. The Bertz CT molecular complexity index is 236. The number of nitrogens with one attached hydrogen (secondary N) is 1. The van der Waals surface area contributed by atoms with Crippen LogP contribution in [0.5, 0.6) is 0 Å². The van der Waals surface area contributed by atoms with Gasteiger partial charge in [-0.05, 0) is 37.5 Å². The maximum atomic E-state index is 11.7. The molecule has 2 aliphatic carbocycles. The molecule has 2 saturated carbocycles. The highest BCUT2D eigenvalue weighted by Gasteiger charge is 2.29. The van der Waals surface area contributed by atoms with E-state index < -0.39 is 0 Å². The Labute approximate surface area is 91.8 Å². The molecule has 2 aliphatic rings. The summed E-state index contributed by atoms with van der Waals surface area (Å²) < 4.78 is 0. The number of rotatable bonds is 3. The van der Waals surface area contributed by atoms with Crippen molar-refractivity contribution in [3.05, 3.63) is 0 Å². The summed E-state index contributed by atoms with van der Waals surface area (Å²) >= 11 is 0. The second-order valence-electron chi connectivity index (χ2n) is 5.40. The minimum absolute atomic E-state index is 0.217. The average molecular weight is 210 g/mol. The molecule has 3 N–H and O–H groups in total. The van der Waals surface area contributed by atoms with Gasteiger partial charge in [-0.2, -0.15) is 0 Å².